The van der Waals surface area contributed by atoms with Crippen LogP contribution < -0.4 is 0 Å². The molecule has 2 unspecified atom stereocenters. The van der Waals surface area contributed by atoms with E-state index in [0.29, 0.717) is 39.3 Å². The summed E-state index contributed by atoms with van der Waals surface area (Å²) in [4.78, 5) is 21.9. The van der Waals surface area contributed by atoms with Crippen molar-refractivity contribution in [2.45, 2.75) is 26.2 Å². The molecule has 2 N–H and O–H groups in total. The van der Waals surface area contributed by atoms with Crippen LogP contribution in [0, 0.1) is 58.4 Å². The Balaban J connectivity index is 0.000000247. The number of alkyl halides is 2. The van der Waals surface area contributed by atoms with Crippen LogP contribution in [0.5, 0.6) is 0 Å². The first-order valence-corrected chi connectivity index (χ1v) is 12.4. The molecule has 0 spiro atoms. The SMILES string of the molecule is CCN1CC(C(F)c2c(F)c(F)cc(F)c2F)C1.CCN1CC(C(F)c2c(F)c(F)cc(F)c2F)C1.O=C(O)C(=O)O. The van der Waals surface area contributed by atoms with E-state index in [1.54, 1.807) is 0 Å². The van der Waals surface area contributed by atoms with Crippen LogP contribution in [0.15, 0.2) is 12.1 Å². The summed E-state index contributed by atoms with van der Waals surface area (Å²) in [5.41, 5.74) is -2.26. The molecule has 4 rings (SSSR count). The highest BCUT2D eigenvalue weighted by atomic mass is 19.2. The van der Waals surface area contributed by atoms with Gasteiger partial charge in [0, 0.05) is 50.1 Å². The Bertz CT molecular complexity index is 1140. The maximum absolute atomic E-state index is 13.9. The Morgan fingerprint density at radius 1 is 0.643 bits per heavy atom. The maximum Gasteiger partial charge on any atom is 0.414 e. The number of hydrogen-bond donors (Lipinski definition) is 2. The fourth-order valence-corrected chi connectivity index (χ4v) is 4.25. The van der Waals surface area contributed by atoms with E-state index < -0.39 is 93.8 Å². The summed E-state index contributed by atoms with van der Waals surface area (Å²) in [6.07, 6.45) is -4.06. The molecule has 2 saturated heterocycles. The van der Waals surface area contributed by atoms with Gasteiger partial charge in [0.15, 0.2) is 46.5 Å². The zero-order valence-corrected chi connectivity index (χ0v) is 22.1. The molecule has 0 aliphatic carbocycles. The highest BCUT2D eigenvalue weighted by Crippen LogP contribution is 2.38. The minimum atomic E-state index is -2.03. The average molecular weight is 620 g/mol. The van der Waals surface area contributed by atoms with E-state index in [0.717, 1.165) is 0 Å². The topological polar surface area (TPSA) is 81.1 Å². The highest BCUT2D eigenvalue weighted by Gasteiger charge is 2.39. The van der Waals surface area contributed by atoms with Crippen LogP contribution in [0.1, 0.15) is 37.3 Å². The molecule has 234 valence electrons. The molecule has 2 aliphatic rings. The maximum atomic E-state index is 13.9. The predicted molar refractivity (Wildman–Crippen MR) is 127 cm³/mol. The molecule has 16 heteroatoms. The molecule has 0 aromatic heterocycles. The van der Waals surface area contributed by atoms with E-state index >= 15 is 0 Å². The van der Waals surface area contributed by atoms with Gasteiger partial charge in [0.2, 0.25) is 0 Å². The van der Waals surface area contributed by atoms with Gasteiger partial charge < -0.3 is 20.0 Å². The Kier molecular flexibility index (Phi) is 12.2. The van der Waals surface area contributed by atoms with Gasteiger partial charge in [0.05, 0.1) is 11.1 Å². The molecular formula is C26H26F10N2O4. The van der Waals surface area contributed by atoms with Crippen molar-refractivity contribution in [2.75, 3.05) is 39.3 Å². The van der Waals surface area contributed by atoms with Crippen LogP contribution in [-0.2, 0) is 9.59 Å². The van der Waals surface area contributed by atoms with E-state index in [-0.39, 0.29) is 12.1 Å². The number of carboxylic acid groups (broad SMARTS) is 2. The monoisotopic (exact) mass is 620 g/mol. The molecule has 0 radical (unpaired) electrons. The lowest BCUT2D eigenvalue weighted by molar-refractivity contribution is -0.159. The molecule has 0 amide bonds. The Labute approximate surface area is 233 Å². The zero-order valence-electron chi connectivity index (χ0n) is 22.1. The number of rotatable bonds is 6. The van der Waals surface area contributed by atoms with Crippen molar-refractivity contribution in [3.05, 3.63) is 69.8 Å². The Morgan fingerprint density at radius 3 is 1.07 bits per heavy atom. The molecule has 2 fully saturated rings. The molecule has 2 aromatic carbocycles. The number of likely N-dealkylation sites (tertiary alicyclic amines) is 2. The molecule has 0 bridgehead atoms. The number of aliphatic carboxylic acids is 2. The number of carboxylic acids is 2. The lowest BCUT2D eigenvalue weighted by Crippen LogP contribution is -2.48. The lowest BCUT2D eigenvalue weighted by Gasteiger charge is -2.40. The second kappa shape index (κ2) is 14.7. The van der Waals surface area contributed by atoms with Crippen LogP contribution in [-0.4, -0.2) is 71.2 Å². The molecule has 2 atom stereocenters. The number of hydrogen-bond acceptors (Lipinski definition) is 4. The number of nitrogens with zero attached hydrogens (tertiary/aromatic N) is 2. The van der Waals surface area contributed by atoms with Crippen molar-refractivity contribution in [1.29, 1.82) is 0 Å². The summed E-state index contributed by atoms with van der Waals surface area (Å²) in [6, 6.07) is 0.167. The van der Waals surface area contributed by atoms with Crippen molar-refractivity contribution < 1.29 is 63.7 Å². The molecule has 2 aliphatic heterocycles. The van der Waals surface area contributed by atoms with Crippen LogP contribution in [0.4, 0.5) is 43.9 Å². The molecule has 0 saturated carbocycles. The Morgan fingerprint density at radius 2 is 0.881 bits per heavy atom. The third-order valence-electron chi connectivity index (χ3n) is 6.72. The van der Waals surface area contributed by atoms with Gasteiger partial charge >= 0.3 is 11.9 Å². The quantitative estimate of drug-likeness (QED) is 0.250. The van der Waals surface area contributed by atoms with Crippen molar-refractivity contribution in [1.82, 2.24) is 9.80 Å². The second-order valence-electron chi connectivity index (χ2n) is 9.40. The standard InChI is InChI=1S/2C12H12F5N.C2H2O4/c2*1-2-18-4-6(5-18)10(15)9-11(16)7(13)3-8(14)12(9)17;3-1(4)2(5)6/h2*3,6,10H,2,4-5H2,1H3;(H,3,4)(H,5,6). The first-order valence-electron chi connectivity index (χ1n) is 12.4. The van der Waals surface area contributed by atoms with Crippen LogP contribution in [0.3, 0.4) is 0 Å². The molecule has 6 nitrogen and oxygen atoms in total. The summed E-state index contributed by atoms with van der Waals surface area (Å²) < 4.78 is 133. The molecule has 2 heterocycles. The zero-order chi connectivity index (χ0) is 32.0. The van der Waals surface area contributed by atoms with E-state index in [9.17, 15) is 43.9 Å². The number of carbonyl (C=O) groups is 2. The van der Waals surface area contributed by atoms with Crippen LogP contribution in [0.25, 0.3) is 0 Å². The van der Waals surface area contributed by atoms with Crippen LogP contribution >= 0.6 is 0 Å². The van der Waals surface area contributed by atoms with E-state index in [4.69, 9.17) is 19.8 Å². The Hall–Kier alpha value is -3.40. The fraction of sp³-hybridized carbons (Fsp3) is 0.462. The van der Waals surface area contributed by atoms with Crippen molar-refractivity contribution in [2.24, 2.45) is 11.8 Å². The number of halogens is 10. The molecule has 42 heavy (non-hydrogen) atoms. The fourth-order valence-electron chi connectivity index (χ4n) is 4.25. The summed E-state index contributed by atoms with van der Waals surface area (Å²) in [7, 11) is 0. The number of benzene rings is 2. The molecular weight excluding hydrogens is 594 g/mol. The summed E-state index contributed by atoms with van der Waals surface area (Å²) in [6.45, 7) is 6.45. The van der Waals surface area contributed by atoms with Crippen molar-refractivity contribution in [3.8, 4) is 0 Å². The highest BCUT2D eigenvalue weighted by molar-refractivity contribution is 6.27. The normalized spacial score (nSPS) is 17.1. The van der Waals surface area contributed by atoms with E-state index in [1.165, 1.54) is 0 Å². The smallest absolute Gasteiger partial charge is 0.414 e. The molecule has 2 aromatic rings. The largest absolute Gasteiger partial charge is 0.473 e. The van der Waals surface area contributed by atoms with Gasteiger partial charge in [-0.15, -0.1) is 0 Å². The predicted octanol–water partition coefficient (Wildman–Crippen LogP) is 5.57. The minimum Gasteiger partial charge on any atom is -0.473 e. The third-order valence-corrected chi connectivity index (χ3v) is 6.72. The first-order chi connectivity index (χ1) is 19.5. The first kappa shape index (κ1) is 34.8. The summed E-state index contributed by atoms with van der Waals surface area (Å²) in [5.74, 6) is -17.8. The van der Waals surface area contributed by atoms with Gasteiger partial charge in [-0.25, -0.2) is 53.5 Å². The van der Waals surface area contributed by atoms with E-state index in [2.05, 4.69) is 0 Å². The van der Waals surface area contributed by atoms with Gasteiger partial charge in [0.1, 0.15) is 12.3 Å². The van der Waals surface area contributed by atoms with Crippen molar-refractivity contribution in [3.63, 3.8) is 0 Å². The van der Waals surface area contributed by atoms with Gasteiger partial charge in [-0.05, 0) is 13.1 Å². The summed E-state index contributed by atoms with van der Waals surface area (Å²) in [5, 5.41) is 14.8. The van der Waals surface area contributed by atoms with Gasteiger partial charge in [-0.3, -0.25) is 0 Å². The average Bonchev–Trinajstić information content (AvgIpc) is 2.86. The lowest BCUT2D eigenvalue weighted by atomic mass is 9.89. The van der Waals surface area contributed by atoms with Crippen LogP contribution in [0.2, 0.25) is 0 Å². The summed E-state index contributed by atoms with van der Waals surface area (Å²) >= 11 is 0. The van der Waals surface area contributed by atoms with Gasteiger partial charge in [0.25, 0.3) is 0 Å². The second-order valence-corrected chi connectivity index (χ2v) is 9.40. The third kappa shape index (κ3) is 7.91. The van der Waals surface area contributed by atoms with Gasteiger partial charge in [-0.1, -0.05) is 13.8 Å². The minimum absolute atomic E-state index is 0.0833. The van der Waals surface area contributed by atoms with Gasteiger partial charge in [-0.2, -0.15) is 0 Å². The van der Waals surface area contributed by atoms with Crippen molar-refractivity contribution >= 4 is 11.9 Å². The van der Waals surface area contributed by atoms with E-state index in [1.807, 2.05) is 23.6 Å².